The van der Waals surface area contributed by atoms with Crippen molar-refractivity contribution in [2.45, 2.75) is 38.5 Å². The lowest BCUT2D eigenvalue weighted by atomic mass is 10.1. The van der Waals surface area contributed by atoms with Crippen LogP contribution in [-0.4, -0.2) is 17.9 Å². The molecule has 0 aliphatic rings. The van der Waals surface area contributed by atoms with Crippen molar-refractivity contribution in [3.8, 4) is 0 Å². The summed E-state index contributed by atoms with van der Waals surface area (Å²) >= 11 is 0. The summed E-state index contributed by atoms with van der Waals surface area (Å²) in [5.74, 6) is -0.968. The molecule has 3 aromatic carbocycles. The maximum absolute atomic E-state index is 11.7. The highest BCUT2D eigenvalue weighted by molar-refractivity contribution is 5.77. The van der Waals surface area contributed by atoms with Crippen LogP contribution in [0.15, 0.2) is 111 Å². The highest BCUT2D eigenvalue weighted by atomic mass is 16.5. The molecule has 0 radical (unpaired) electrons. The molecule has 3 rings (SSSR count). The summed E-state index contributed by atoms with van der Waals surface area (Å²) in [6.07, 6.45) is 5.87. The molecule has 0 aliphatic carbocycles. The quantitative estimate of drug-likeness (QED) is 0.117. The van der Waals surface area contributed by atoms with Crippen molar-refractivity contribution in [2.75, 3.05) is 4.90 Å². The maximum atomic E-state index is 11.7. The number of carbonyl (C=O) groups is 3. The number of ether oxygens (including phenoxy) is 3. The number of hydrogen-bond acceptors (Lipinski definition) is 7. The van der Waals surface area contributed by atoms with Gasteiger partial charge in [-0.05, 0) is 72.4 Å². The minimum absolute atomic E-state index is 0.263. The number of rotatable bonds is 15. The van der Waals surface area contributed by atoms with Crippen molar-refractivity contribution in [3.63, 3.8) is 0 Å². The highest BCUT2D eigenvalue weighted by Gasteiger charge is 2.14. The predicted octanol–water partition coefficient (Wildman–Crippen LogP) is 7.01. The van der Waals surface area contributed by atoms with Gasteiger partial charge in [0.15, 0.2) is 0 Å². The van der Waals surface area contributed by atoms with E-state index < -0.39 is 0 Å². The molecule has 3 aromatic rings. The Morgan fingerprint density at radius 2 is 0.750 bits per heavy atom. The Labute approximate surface area is 235 Å². The van der Waals surface area contributed by atoms with Crippen LogP contribution in [0, 0.1) is 0 Å². The predicted molar refractivity (Wildman–Crippen MR) is 155 cm³/mol. The van der Waals surface area contributed by atoms with Crippen LogP contribution in [0.1, 0.15) is 36.0 Å². The SMILES string of the molecule is C=COC(=O)CCc1ccc(N(c2ccc(CCC(=O)OC=C)cc2)c2ccc(CCC(=O)OC=C)cc2)cc1. The molecule has 0 aliphatic heterocycles. The number of hydrogen-bond donors (Lipinski definition) is 0. The molecule has 0 atom stereocenters. The van der Waals surface area contributed by atoms with E-state index in [9.17, 15) is 14.4 Å². The van der Waals surface area contributed by atoms with E-state index in [4.69, 9.17) is 14.2 Å². The average molecular weight is 540 g/mol. The summed E-state index contributed by atoms with van der Waals surface area (Å²) in [5, 5.41) is 0. The first-order valence-corrected chi connectivity index (χ1v) is 12.9. The third kappa shape index (κ3) is 9.13. The van der Waals surface area contributed by atoms with Gasteiger partial charge >= 0.3 is 17.9 Å². The number of carbonyl (C=O) groups excluding carboxylic acids is 3. The van der Waals surface area contributed by atoms with Crippen LogP contribution in [0.3, 0.4) is 0 Å². The van der Waals surface area contributed by atoms with E-state index in [1.54, 1.807) is 0 Å². The van der Waals surface area contributed by atoms with E-state index in [2.05, 4.69) is 24.6 Å². The first kappa shape index (κ1) is 29.6. The Hall–Kier alpha value is -4.91. The van der Waals surface area contributed by atoms with E-state index >= 15 is 0 Å². The Bertz CT molecular complexity index is 1150. The van der Waals surface area contributed by atoms with Crippen molar-refractivity contribution < 1.29 is 28.6 Å². The van der Waals surface area contributed by atoms with Crippen LogP contribution >= 0.6 is 0 Å². The topological polar surface area (TPSA) is 82.1 Å². The first-order chi connectivity index (χ1) is 19.4. The largest absolute Gasteiger partial charge is 0.435 e. The smallest absolute Gasteiger partial charge is 0.310 e. The van der Waals surface area contributed by atoms with Crippen LogP contribution in [-0.2, 0) is 47.9 Å². The van der Waals surface area contributed by atoms with Crippen molar-refractivity contribution in [3.05, 3.63) is 128 Å². The van der Waals surface area contributed by atoms with Gasteiger partial charge in [-0.15, -0.1) is 0 Å². The zero-order valence-electron chi connectivity index (χ0n) is 22.4. The van der Waals surface area contributed by atoms with Gasteiger partial charge < -0.3 is 19.1 Å². The molecule has 0 saturated heterocycles. The van der Waals surface area contributed by atoms with Crippen LogP contribution < -0.4 is 4.90 Å². The number of benzene rings is 3. The molecule has 206 valence electrons. The Morgan fingerprint density at radius 3 is 0.975 bits per heavy atom. The molecule has 0 bridgehead atoms. The standard InChI is InChI=1S/C33H33NO6/c1-4-38-31(35)22-13-25-7-16-28(17-8-25)34(29-18-9-26(10-19-29)14-23-32(36)39-5-2)30-20-11-27(12-21-30)15-24-33(37)40-6-3/h4-12,16-21H,1-3,13-15,22-24H2. The van der Waals surface area contributed by atoms with E-state index in [0.29, 0.717) is 19.3 Å². The minimum atomic E-state index is -0.323. The monoisotopic (exact) mass is 539 g/mol. The fraction of sp³-hybridized carbons (Fsp3) is 0.182. The fourth-order valence-electron chi connectivity index (χ4n) is 4.08. The zero-order valence-corrected chi connectivity index (χ0v) is 22.4. The summed E-state index contributed by atoms with van der Waals surface area (Å²) in [4.78, 5) is 37.2. The Balaban J connectivity index is 1.83. The lowest BCUT2D eigenvalue weighted by molar-refractivity contribution is -0.138. The fourth-order valence-corrected chi connectivity index (χ4v) is 4.08. The summed E-state index contributed by atoms with van der Waals surface area (Å²) < 4.78 is 14.4. The third-order valence-electron chi connectivity index (χ3n) is 6.08. The molecule has 0 aromatic heterocycles. The van der Waals surface area contributed by atoms with Gasteiger partial charge in [0.2, 0.25) is 0 Å². The maximum Gasteiger partial charge on any atom is 0.310 e. The summed E-state index contributed by atoms with van der Waals surface area (Å²) in [5.41, 5.74) is 5.82. The summed E-state index contributed by atoms with van der Waals surface area (Å²) in [6.45, 7) is 10.2. The number of anilines is 3. The molecule has 0 spiro atoms. The number of aryl methyl sites for hydroxylation is 3. The lowest BCUT2D eigenvalue weighted by Crippen LogP contribution is -2.10. The van der Waals surface area contributed by atoms with E-state index in [-0.39, 0.29) is 37.2 Å². The average Bonchev–Trinajstić information content (AvgIpc) is 2.96. The lowest BCUT2D eigenvalue weighted by Gasteiger charge is -2.26. The number of esters is 3. The van der Waals surface area contributed by atoms with Gasteiger partial charge in [0.25, 0.3) is 0 Å². The molecule has 0 heterocycles. The van der Waals surface area contributed by atoms with Gasteiger partial charge in [-0.25, -0.2) is 0 Å². The van der Waals surface area contributed by atoms with Crippen molar-refractivity contribution in [2.24, 2.45) is 0 Å². The molecular weight excluding hydrogens is 506 g/mol. The van der Waals surface area contributed by atoms with Crippen LogP contribution in [0.5, 0.6) is 0 Å². The molecule has 0 amide bonds. The molecular formula is C33H33NO6. The second-order valence-corrected chi connectivity index (χ2v) is 8.80. The van der Waals surface area contributed by atoms with E-state index in [0.717, 1.165) is 52.5 Å². The van der Waals surface area contributed by atoms with Crippen LogP contribution in [0.2, 0.25) is 0 Å². The van der Waals surface area contributed by atoms with Crippen LogP contribution in [0.4, 0.5) is 17.1 Å². The second kappa shape index (κ2) is 15.5. The van der Waals surface area contributed by atoms with Gasteiger partial charge in [0.1, 0.15) is 0 Å². The molecule has 40 heavy (non-hydrogen) atoms. The van der Waals surface area contributed by atoms with Crippen LogP contribution in [0.25, 0.3) is 0 Å². The first-order valence-electron chi connectivity index (χ1n) is 12.9. The number of nitrogens with zero attached hydrogens (tertiary/aromatic N) is 1. The molecule has 0 N–H and O–H groups in total. The Morgan fingerprint density at radius 1 is 0.500 bits per heavy atom. The molecule has 0 fully saturated rings. The summed E-state index contributed by atoms with van der Waals surface area (Å²) in [7, 11) is 0. The molecule has 7 nitrogen and oxygen atoms in total. The second-order valence-electron chi connectivity index (χ2n) is 8.80. The molecule has 0 saturated carbocycles. The molecule has 0 unspecified atom stereocenters. The zero-order chi connectivity index (χ0) is 28.7. The Kier molecular flexibility index (Phi) is 11.5. The van der Waals surface area contributed by atoms with Gasteiger partial charge in [-0.1, -0.05) is 56.1 Å². The van der Waals surface area contributed by atoms with Crippen molar-refractivity contribution in [1.82, 2.24) is 0 Å². The van der Waals surface area contributed by atoms with E-state index in [1.807, 2.05) is 72.8 Å². The minimum Gasteiger partial charge on any atom is -0.435 e. The molecule has 7 heteroatoms. The highest BCUT2D eigenvalue weighted by Crippen LogP contribution is 2.35. The normalized spacial score (nSPS) is 10.2. The van der Waals surface area contributed by atoms with Crippen molar-refractivity contribution in [1.29, 1.82) is 0 Å². The van der Waals surface area contributed by atoms with Crippen molar-refractivity contribution >= 4 is 35.0 Å². The van der Waals surface area contributed by atoms with Gasteiger partial charge in [-0.2, -0.15) is 0 Å². The third-order valence-corrected chi connectivity index (χ3v) is 6.08. The van der Waals surface area contributed by atoms with Gasteiger partial charge in [0, 0.05) is 36.3 Å². The van der Waals surface area contributed by atoms with E-state index in [1.165, 1.54) is 0 Å². The van der Waals surface area contributed by atoms with Gasteiger partial charge in [-0.3, -0.25) is 14.4 Å². The van der Waals surface area contributed by atoms with Gasteiger partial charge in [0.05, 0.1) is 18.8 Å². The summed E-state index contributed by atoms with van der Waals surface area (Å²) in [6, 6.07) is 24.0.